The second-order valence-corrected chi connectivity index (χ2v) is 5.90. The molecule has 0 aromatic heterocycles. The number of aliphatic carboxylic acids is 1. The zero-order valence-electron chi connectivity index (χ0n) is 12.6. The van der Waals surface area contributed by atoms with Gasteiger partial charge < -0.3 is 10.4 Å². The third-order valence-corrected chi connectivity index (χ3v) is 3.02. The zero-order valence-corrected chi connectivity index (χ0v) is 12.6. The van der Waals surface area contributed by atoms with Crippen molar-refractivity contribution in [3.63, 3.8) is 0 Å². The Balaban J connectivity index is 3.04. The van der Waals surface area contributed by atoms with Crippen molar-refractivity contribution in [1.82, 2.24) is 0 Å². The van der Waals surface area contributed by atoms with Crippen LogP contribution in [0.2, 0.25) is 0 Å². The average Bonchev–Trinajstić information content (AvgIpc) is 2.29. The Kier molecular flexibility index (Phi) is 4.71. The van der Waals surface area contributed by atoms with E-state index in [1.54, 1.807) is 0 Å². The van der Waals surface area contributed by atoms with E-state index in [2.05, 4.69) is 26.1 Å². The van der Waals surface area contributed by atoms with Gasteiger partial charge in [-0.05, 0) is 36.0 Å². The lowest BCUT2D eigenvalue weighted by molar-refractivity contribution is -0.131. The van der Waals surface area contributed by atoms with E-state index in [-0.39, 0.29) is 5.41 Å². The highest BCUT2D eigenvalue weighted by Gasteiger charge is 2.16. The minimum Gasteiger partial charge on any atom is -0.478 e. The highest BCUT2D eigenvalue weighted by Crippen LogP contribution is 2.29. The molecule has 0 fully saturated rings. The Morgan fingerprint density at radius 3 is 2.00 bits per heavy atom. The predicted octanol–water partition coefficient (Wildman–Crippen LogP) is 3.18. The van der Waals surface area contributed by atoms with Gasteiger partial charge in [-0.25, -0.2) is 4.79 Å². The number of carbonyl (C=O) groups is 2. The average molecular weight is 275 g/mol. The number of anilines is 1. The maximum Gasteiger partial charge on any atom is 0.328 e. The number of carboxylic acid groups (broad SMARTS) is 1. The quantitative estimate of drug-likeness (QED) is 0.833. The molecule has 1 amide bonds. The molecule has 108 valence electrons. The lowest BCUT2D eigenvalue weighted by Crippen LogP contribution is -2.15. The van der Waals surface area contributed by atoms with Crippen LogP contribution in [0, 0.1) is 13.8 Å². The fraction of sp³-hybridized carbons (Fsp3) is 0.375. The van der Waals surface area contributed by atoms with Gasteiger partial charge in [0.15, 0.2) is 0 Å². The number of hydrogen-bond acceptors (Lipinski definition) is 2. The molecule has 1 aromatic rings. The van der Waals surface area contributed by atoms with E-state index in [1.807, 2.05) is 26.0 Å². The third-order valence-electron chi connectivity index (χ3n) is 3.02. The second-order valence-electron chi connectivity index (χ2n) is 5.90. The standard InChI is InChI=1S/C16H21NO3/c1-10-8-12(16(3,4)5)9-11(2)15(10)17-13(18)6-7-14(19)20/h6-9H,1-5H3,(H,17,18)(H,19,20)/b7-6+. The van der Waals surface area contributed by atoms with Crippen molar-refractivity contribution in [1.29, 1.82) is 0 Å². The van der Waals surface area contributed by atoms with Gasteiger partial charge in [0, 0.05) is 17.8 Å². The van der Waals surface area contributed by atoms with Crippen molar-refractivity contribution < 1.29 is 14.7 Å². The molecule has 0 atom stereocenters. The summed E-state index contributed by atoms with van der Waals surface area (Å²) in [4.78, 5) is 22.0. The predicted molar refractivity (Wildman–Crippen MR) is 80.0 cm³/mol. The summed E-state index contributed by atoms with van der Waals surface area (Å²) in [7, 11) is 0. The molecule has 0 aliphatic rings. The topological polar surface area (TPSA) is 66.4 Å². The maximum absolute atomic E-state index is 11.6. The number of rotatable bonds is 3. The first-order valence-electron chi connectivity index (χ1n) is 6.45. The highest BCUT2D eigenvalue weighted by atomic mass is 16.4. The number of aryl methyl sites for hydroxylation is 2. The van der Waals surface area contributed by atoms with E-state index in [4.69, 9.17) is 5.11 Å². The van der Waals surface area contributed by atoms with Crippen molar-refractivity contribution >= 4 is 17.6 Å². The number of hydrogen-bond donors (Lipinski definition) is 2. The molecule has 4 nitrogen and oxygen atoms in total. The van der Waals surface area contributed by atoms with Crippen LogP contribution in [-0.4, -0.2) is 17.0 Å². The Hall–Kier alpha value is -2.10. The first kappa shape index (κ1) is 16.0. The van der Waals surface area contributed by atoms with Gasteiger partial charge in [0.2, 0.25) is 5.91 Å². The van der Waals surface area contributed by atoms with Crippen molar-refractivity contribution in [2.45, 2.75) is 40.0 Å². The van der Waals surface area contributed by atoms with Gasteiger partial charge in [-0.2, -0.15) is 0 Å². The van der Waals surface area contributed by atoms with E-state index in [0.29, 0.717) is 0 Å². The van der Waals surface area contributed by atoms with Crippen LogP contribution in [0.1, 0.15) is 37.5 Å². The van der Waals surface area contributed by atoms with Crippen molar-refractivity contribution in [2.75, 3.05) is 5.32 Å². The smallest absolute Gasteiger partial charge is 0.328 e. The van der Waals surface area contributed by atoms with Crippen molar-refractivity contribution in [2.24, 2.45) is 0 Å². The molecular formula is C16H21NO3. The van der Waals surface area contributed by atoms with Gasteiger partial charge >= 0.3 is 5.97 Å². The van der Waals surface area contributed by atoms with Crippen LogP contribution in [0.5, 0.6) is 0 Å². The van der Waals surface area contributed by atoms with Crippen LogP contribution in [0.25, 0.3) is 0 Å². The summed E-state index contributed by atoms with van der Waals surface area (Å²) in [6.45, 7) is 10.3. The Morgan fingerprint density at radius 2 is 1.60 bits per heavy atom. The largest absolute Gasteiger partial charge is 0.478 e. The fourth-order valence-corrected chi connectivity index (χ4v) is 1.91. The Labute approximate surface area is 119 Å². The van der Waals surface area contributed by atoms with E-state index in [0.717, 1.165) is 29.0 Å². The molecule has 0 saturated carbocycles. The fourth-order valence-electron chi connectivity index (χ4n) is 1.91. The van der Waals surface area contributed by atoms with Crippen molar-refractivity contribution in [3.8, 4) is 0 Å². The zero-order chi connectivity index (χ0) is 15.5. The minimum absolute atomic E-state index is 0.0429. The van der Waals surface area contributed by atoms with Gasteiger partial charge in [-0.15, -0.1) is 0 Å². The summed E-state index contributed by atoms with van der Waals surface area (Å²) >= 11 is 0. The summed E-state index contributed by atoms with van der Waals surface area (Å²) in [5.41, 5.74) is 3.91. The Morgan fingerprint density at radius 1 is 1.10 bits per heavy atom. The SMILES string of the molecule is Cc1cc(C(C)(C)C)cc(C)c1NC(=O)/C=C/C(=O)O. The van der Waals surface area contributed by atoms with E-state index in [1.165, 1.54) is 5.56 Å². The lowest BCUT2D eigenvalue weighted by Gasteiger charge is -2.22. The van der Waals surface area contributed by atoms with Crippen LogP contribution in [0.4, 0.5) is 5.69 Å². The molecule has 20 heavy (non-hydrogen) atoms. The van der Waals surface area contributed by atoms with Gasteiger partial charge in [-0.3, -0.25) is 4.79 Å². The molecule has 2 N–H and O–H groups in total. The van der Waals surface area contributed by atoms with Crippen LogP contribution in [0.3, 0.4) is 0 Å². The van der Waals surface area contributed by atoms with Crippen LogP contribution in [-0.2, 0) is 15.0 Å². The molecule has 1 aromatic carbocycles. The summed E-state index contributed by atoms with van der Waals surface area (Å²) < 4.78 is 0. The molecule has 0 spiro atoms. The number of nitrogens with one attached hydrogen (secondary N) is 1. The van der Waals surface area contributed by atoms with Gasteiger partial charge in [0.1, 0.15) is 0 Å². The minimum atomic E-state index is -1.14. The molecule has 0 saturated heterocycles. The van der Waals surface area contributed by atoms with Crippen LogP contribution >= 0.6 is 0 Å². The van der Waals surface area contributed by atoms with Crippen LogP contribution < -0.4 is 5.32 Å². The number of amides is 1. The van der Waals surface area contributed by atoms with Gasteiger partial charge in [0.05, 0.1) is 0 Å². The Bertz CT molecular complexity index is 543. The van der Waals surface area contributed by atoms with Crippen LogP contribution in [0.15, 0.2) is 24.3 Å². The van der Waals surface area contributed by atoms with E-state index in [9.17, 15) is 9.59 Å². The normalized spacial score (nSPS) is 11.7. The summed E-state index contributed by atoms with van der Waals surface area (Å²) in [6, 6.07) is 4.09. The number of carboxylic acids is 1. The van der Waals surface area contributed by atoms with E-state index < -0.39 is 11.9 Å². The summed E-state index contributed by atoms with van der Waals surface area (Å²) in [5.74, 6) is -1.58. The maximum atomic E-state index is 11.6. The number of benzene rings is 1. The molecule has 0 unspecified atom stereocenters. The first-order valence-corrected chi connectivity index (χ1v) is 6.45. The molecule has 0 heterocycles. The van der Waals surface area contributed by atoms with Gasteiger partial charge in [-0.1, -0.05) is 32.9 Å². The summed E-state index contributed by atoms with van der Waals surface area (Å²) in [6.07, 6.45) is 1.84. The first-order chi connectivity index (χ1) is 9.11. The van der Waals surface area contributed by atoms with Gasteiger partial charge in [0.25, 0.3) is 0 Å². The molecule has 0 aliphatic heterocycles. The molecule has 4 heteroatoms. The molecular weight excluding hydrogens is 254 g/mol. The lowest BCUT2D eigenvalue weighted by atomic mass is 9.85. The molecule has 0 radical (unpaired) electrons. The second kappa shape index (κ2) is 5.90. The molecule has 1 rings (SSSR count). The van der Waals surface area contributed by atoms with E-state index >= 15 is 0 Å². The number of carbonyl (C=O) groups excluding carboxylic acids is 1. The van der Waals surface area contributed by atoms with Crippen molar-refractivity contribution in [3.05, 3.63) is 41.0 Å². The monoisotopic (exact) mass is 275 g/mol. The summed E-state index contributed by atoms with van der Waals surface area (Å²) in [5, 5.41) is 11.2. The highest BCUT2D eigenvalue weighted by molar-refractivity contribution is 6.03. The third kappa shape index (κ3) is 4.23. The molecule has 0 aliphatic carbocycles. The molecule has 0 bridgehead atoms.